The van der Waals surface area contributed by atoms with Crippen LogP contribution in [0.3, 0.4) is 0 Å². The first-order chi connectivity index (χ1) is 15.1. The number of hydrogen-bond acceptors (Lipinski definition) is 4. The van der Waals surface area contributed by atoms with E-state index in [1.54, 1.807) is 14.2 Å². The first kappa shape index (κ1) is 17.4. The SMILES string of the molecule is [2H]c1c(COC)c2cc3cc(COC)c(cc4nc(cc5nc(cc1[nH]2)C=C5)C=C4)[nH]3. The molecule has 0 unspecified atom stereocenters. The molecular weight excluding hydrogens is 376 g/mol. The first-order valence-corrected chi connectivity index (χ1v) is 9.70. The van der Waals surface area contributed by atoms with Gasteiger partial charge in [0.2, 0.25) is 0 Å². The summed E-state index contributed by atoms with van der Waals surface area (Å²) < 4.78 is 19.4. The molecule has 0 saturated heterocycles. The Morgan fingerprint density at radius 2 is 1.27 bits per heavy atom. The molecule has 2 N–H and O–H groups in total. The number of fused-ring (bicyclic) bond motifs is 8. The maximum atomic E-state index is 8.63. The fourth-order valence-corrected chi connectivity index (χ4v) is 3.67. The summed E-state index contributed by atoms with van der Waals surface area (Å²) in [4.78, 5) is 16.1. The average molecular weight is 399 g/mol. The largest absolute Gasteiger partial charge is 0.380 e. The summed E-state index contributed by atoms with van der Waals surface area (Å²) in [6.45, 7) is 0.821. The van der Waals surface area contributed by atoms with E-state index in [-0.39, 0.29) is 0 Å². The number of nitrogens with zero attached hydrogens (tertiary/aromatic N) is 2. The zero-order valence-electron chi connectivity index (χ0n) is 17.8. The molecule has 0 fully saturated rings. The van der Waals surface area contributed by atoms with Crippen LogP contribution in [0, 0.1) is 0 Å². The van der Waals surface area contributed by atoms with Crippen LogP contribution in [0.25, 0.3) is 46.4 Å². The van der Waals surface area contributed by atoms with Crippen molar-refractivity contribution in [3.05, 3.63) is 70.3 Å². The predicted molar refractivity (Wildman–Crippen MR) is 120 cm³/mol. The van der Waals surface area contributed by atoms with Crippen molar-refractivity contribution in [2.75, 3.05) is 14.2 Å². The minimum atomic E-state index is 0.340. The van der Waals surface area contributed by atoms with Crippen LogP contribution >= 0.6 is 0 Å². The van der Waals surface area contributed by atoms with E-state index in [0.29, 0.717) is 24.8 Å². The highest BCUT2D eigenvalue weighted by molar-refractivity contribution is 5.79. The molecule has 0 aliphatic carbocycles. The summed E-state index contributed by atoms with van der Waals surface area (Å²) in [7, 11) is 3.32. The van der Waals surface area contributed by atoms with Gasteiger partial charge < -0.3 is 19.4 Å². The van der Waals surface area contributed by atoms with Gasteiger partial charge in [-0.2, -0.15) is 0 Å². The Morgan fingerprint density at radius 1 is 0.700 bits per heavy atom. The van der Waals surface area contributed by atoms with Crippen molar-refractivity contribution < 1.29 is 10.8 Å². The van der Waals surface area contributed by atoms with Gasteiger partial charge in [-0.25, -0.2) is 9.97 Å². The van der Waals surface area contributed by atoms with Crippen LogP contribution in [-0.4, -0.2) is 34.2 Å². The Labute approximate surface area is 175 Å². The number of hydrogen-bond donors (Lipinski definition) is 2. The normalized spacial score (nSPS) is 13.1. The van der Waals surface area contributed by atoms with Gasteiger partial charge in [0, 0.05) is 47.4 Å². The van der Waals surface area contributed by atoms with Crippen LogP contribution in [0.2, 0.25) is 0 Å². The maximum absolute atomic E-state index is 8.63. The van der Waals surface area contributed by atoms with Crippen molar-refractivity contribution in [1.29, 1.82) is 0 Å². The molecule has 0 radical (unpaired) electrons. The third-order valence-electron chi connectivity index (χ3n) is 4.97. The van der Waals surface area contributed by atoms with Gasteiger partial charge in [-0.05, 0) is 60.7 Å². The van der Waals surface area contributed by atoms with Gasteiger partial charge in [-0.3, -0.25) is 0 Å². The van der Waals surface area contributed by atoms with E-state index in [9.17, 15) is 0 Å². The molecule has 0 atom stereocenters. The number of rotatable bonds is 4. The molecule has 2 aliphatic rings. The Kier molecular flexibility index (Phi) is 4.49. The van der Waals surface area contributed by atoms with Gasteiger partial charge in [-0.1, -0.05) is 0 Å². The van der Waals surface area contributed by atoms with Crippen LogP contribution in [0.5, 0.6) is 0 Å². The number of methoxy groups -OCH3 is 2. The highest BCUT2D eigenvalue weighted by Crippen LogP contribution is 2.21. The molecule has 5 rings (SSSR count). The Bertz CT molecular complexity index is 1380. The molecule has 30 heavy (non-hydrogen) atoms. The molecule has 3 aromatic heterocycles. The monoisotopic (exact) mass is 399 g/mol. The molecule has 0 aromatic carbocycles. The number of ether oxygens (including phenoxy) is 2. The van der Waals surface area contributed by atoms with Gasteiger partial charge in [0.25, 0.3) is 0 Å². The molecule has 8 bridgehead atoms. The van der Waals surface area contributed by atoms with Gasteiger partial charge in [0.15, 0.2) is 0 Å². The van der Waals surface area contributed by atoms with Crippen LogP contribution in [0.1, 0.15) is 35.3 Å². The molecule has 5 heterocycles. The predicted octanol–water partition coefficient (Wildman–Crippen LogP) is 4.95. The van der Waals surface area contributed by atoms with Gasteiger partial charge in [0.05, 0.1) is 37.4 Å². The zero-order valence-corrected chi connectivity index (χ0v) is 16.8. The summed E-state index contributed by atoms with van der Waals surface area (Å²) >= 11 is 0. The highest BCUT2D eigenvalue weighted by atomic mass is 16.5. The lowest BCUT2D eigenvalue weighted by atomic mass is 10.2. The van der Waals surface area contributed by atoms with Gasteiger partial charge >= 0.3 is 0 Å². The van der Waals surface area contributed by atoms with E-state index >= 15 is 0 Å². The molecular formula is C24H22N4O2. The second-order valence-electron chi connectivity index (χ2n) is 7.25. The van der Waals surface area contributed by atoms with Gasteiger partial charge in [0.1, 0.15) is 0 Å². The lowest BCUT2D eigenvalue weighted by molar-refractivity contribution is 0.186. The number of aromatic nitrogens is 4. The summed E-state index contributed by atoms with van der Waals surface area (Å²) in [5.41, 5.74) is 8.52. The fourth-order valence-electron chi connectivity index (χ4n) is 3.67. The smallest absolute Gasteiger partial charge is 0.0734 e. The minimum absolute atomic E-state index is 0.340. The molecule has 6 heteroatoms. The Balaban J connectivity index is 1.87. The summed E-state index contributed by atoms with van der Waals surface area (Å²) in [5, 5.41) is 0. The molecule has 6 nitrogen and oxygen atoms in total. The van der Waals surface area contributed by atoms with Crippen molar-refractivity contribution in [2.45, 2.75) is 13.2 Å². The van der Waals surface area contributed by atoms with E-state index < -0.39 is 0 Å². The summed E-state index contributed by atoms with van der Waals surface area (Å²) in [6, 6.07) is 10.3. The van der Waals surface area contributed by atoms with E-state index in [2.05, 4.69) is 26.0 Å². The summed E-state index contributed by atoms with van der Waals surface area (Å²) in [5.74, 6) is 0. The third kappa shape index (κ3) is 3.70. The highest BCUT2D eigenvalue weighted by Gasteiger charge is 2.07. The Morgan fingerprint density at radius 3 is 1.97 bits per heavy atom. The standard InChI is InChI=1S/C24H22N4O2/c1-29-13-15-7-21-10-19-4-3-17(25-19)9-18-5-6-20(26-18)11-23-16(14-30-2)8-22(28-23)12-24(15)27-21/h3-12,27-28H,13-14H2,1-2H3/i7D. The number of H-pyrrole nitrogens is 2. The van der Waals surface area contributed by atoms with Crippen LogP contribution in [-0.2, 0) is 22.7 Å². The minimum Gasteiger partial charge on any atom is -0.380 e. The van der Waals surface area contributed by atoms with E-state index in [0.717, 1.165) is 50.5 Å². The topological polar surface area (TPSA) is 75.8 Å². The number of aromatic amines is 2. The lowest BCUT2D eigenvalue weighted by Crippen LogP contribution is -1.84. The van der Waals surface area contributed by atoms with Crippen molar-refractivity contribution in [3.8, 4) is 0 Å². The van der Waals surface area contributed by atoms with Gasteiger partial charge in [-0.15, -0.1) is 0 Å². The zero-order chi connectivity index (χ0) is 21.4. The molecule has 150 valence electrons. The fraction of sp³-hybridized carbons (Fsp3) is 0.167. The number of nitrogens with one attached hydrogen (secondary N) is 2. The van der Waals surface area contributed by atoms with E-state index in [1.165, 1.54) is 0 Å². The van der Waals surface area contributed by atoms with Crippen LogP contribution in [0.4, 0.5) is 0 Å². The second-order valence-corrected chi connectivity index (χ2v) is 7.25. The molecule has 0 saturated carbocycles. The lowest BCUT2D eigenvalue weighted by Gasteiger charge is -1.94. The van der Waals surface area contributed by atoms with E-state index in [1.807, 2.05) is 48.6 Å². The Hall–Kier alpha value is -3.48. The van der Waals surface area contributed by atoms with Crippen molar-refractivity contribution in [2.24, 2.45) is 0 Å². The van der Waals surface area contributed by atoms with Crippen LogP contribution in [0.15, 0.2) is 36.4 Å². The molecule has 2 aliphatic heterocycles. The van der Waals surface area contributed by atoms with Crippen molar-refractivity contribution >= 4 is 46.4 Å². The summed E-state index contributed by atoms with van der Waals surface area (Å²) in [6.07, 6.45) is 7.85. The maximum Gasteiger partial charge on any atom is 0.0734 e. The van der Waals surface area contributed by atoms with Crippen LogP contribution < -0.4 is 0 Å². The van der Waals surface area contributed by atoms with E-state index in [4.69, 9.17) is 10.8 Å². The molecule has 3 aromatic rings. The second kappa shape index (κ2) is 7.74. The average Bonchev–Trinajstić information content (AvgIpc) is 3.50. The quantitative estimate of drug-likeness (QED) is 0.448. The molecule has 0 spiro atoms. The molecule has 0 amide bonds. The third-order valence-corrected chi connectivity index (χ3v) is 4.97. The first-order valence-electron chi connectivity index (χ1n) is 10.2. The van der Waals surface area contributed by atoms with Crippen molar-refractivity contribution in [3.63, 3.8) is 0 Å². The van der Waals surface area contributed by atoms with Crippen molar-refractivity contribution in [1.82, 2.24) is 19.9 Å².